The molecule has 0 aromatic rings. The topological polar surface area (TPSA) is 41.8 Å². The molecule has 0 radical (unpaired) electrons. The molecule has 1 N–H and O–H groups in total. The molecule has 2 aliphatic rings. The zero-order valence-electron chi connectivity index (χ0n) is 6.09. The van der Waals surface area contributed by atoms with Gasteiger partial charge in [-0.1, -0.05) is 5.16 Å². The van der Waals surface area contributed by atoms with Crippen LogP contribution < -0.4 is 0 Å². The summed E-state index contributed by atoms with van der Waals surface area (Å²) < 4.78 is 0. The molecule has 4 heteroatoms. The first kappa shape index (κ1) is 7.37. The number of oxime groups is 1. The maximum Gasteiger partial charge on any atom is 0.242 e. The fourth-order valence-electron chi connectivity index (χ4n) is 1.81. The van der Waals surface area contributed by atoms with E-state index in [1.807, 2.05) is 0 Å². The van der Waals surface area contributed by atoms with Crippen LogP contribution >= 0.6 is 11.6 Å². The summed E-state index contributed by atoms with van der Waals surface area (Å²) in [6.07, 6.45) is 2.63. The quantitative estimate of drug-likeness (QED) is 0.607. The van der Waals surface area contributed by atoms with Gasteiger partial charge in [-0.2, -0.15) is 0 Å². The Balaban J connectivity index is 2.20. The molecule has 2 unspecified atom stereocenters. The molecule has 1 aliphatic carbocycles. The van der Waals surface area contributed by atoms with Crippen molar-refractivity contribution in [1.29, 1.82) is 0 Å². The fourth-order valence-corrected chi connectivity index (χ4v) is 2.05. The average Bonchev–Trinajstić information content (AvgIpc) is 2.45. The first-order chi connectivity index (χ1) is 5.26. The molecule has 1 aliphatic heterocycles. The number of hydrogen-bond acceptors (Lipinski definition) is 3. The van der Waals surface area contributed by atoms with E-state index in [9.17, 15) is 5.11 Å². The largest absolute Gasteiger partial charge is 0.360 e. The van der Waals surface area contributed by atoms with Crippen LogP contribution in [0.25, 0.3) is 0 Å². The SMILES string of the molecule is OC12CCCC1C(CCl)=NO2. The van der Waals surface area contributed by atoms with Crippen molar-refractivity contribution >= 4 is 17.3 Å². The Bertz CT molecular complexity index is 207. The Morgan fingerprint density at radius 1 is 1.82 bits per heavy atom. The molecule has 11 heavy (non-hydrogen) atoms. The van der Waals surface area contributed by atoms with Gasteiger partial charge in [0.15, 0.2) is 0 Å². The predicted octanol–water partition coefficient (Wildman–Crippen LogP) is 1.10. The lowest BCUT2D eigenvalue weighted by Gasteiger charge is -2.18. The van der Waals surface area contributed by atoms with Crippen molar-refractivity contribution in [3.63, 3.8) is 0 Å². The molecule has 1 fully saturated rings. The molecule has 0 bridgehead atoms. The van der Waals surface area contributed by atoms with Gasteiger partial charge in [-0.25, -0.2) is 0 Å². The van der Waals surface area contributed by atoms with Gasteiger partial charge in [0.1, 0.15) is 0 Å². The van der Waals surface area contributed by atoms with E-state index < -0.39 is 5.79 Å². The normalized spacial score (nSPS) is 41.6. The maximum absolute atomic E-state index is 9.74. The lowest BCUT2D eigenvalue weighted by Crippen LogP contribution is -2.33. The summed E-state index contributed by atoms with van der Waals surface area (Å²) in [5, 5.41) is 13.5. The molecule has 1 saturated carbocycles. The van der Waals surface area contributed by atoms with Crippen molar-refractivity contribution in [2.75, 3.05) is 5.88 Å². The molecule has 0 spiro atoms. The standard InChI is InChI=1S/C7H10ClNO2/c8-4-6-5-2-1-3-7(5,10)11-9-6/h5,10H,1-4H2. The van der Waals surface area contributed by atoms with Crippen LogP contribution in [0.5, 0.6) is 0 Å². The summed E-state index contributed by atoms with van der Waals surface area (Å²) in [7, 11) is 0. The Morgan fingerprint density at radius 2 is 2.64 bits per heavy atom. The van der Waals surface area contributed by atoms with Gasteiger partial charge < -0.3 is 9.94 Å². The molecular weight excluding hydrogens is 166 g/mol. The highest BCUT2D eigenvalue weighted by atomic mass is 35.5. The first-order valence-corrected chi connectivity index (χ1v) is 4.33. The van der Waals surface area contributed by atoms with Crippen LogP contribution in [0.1, 0.15) is 19.3 Å². The van der Waals surface area contributed by atoms with Crippen LogP contribution in [0.3, 0.4) is 0 Å². The average molecular weight is 176 g/mol. The van der Waals surface area contributed by atoms with Crippen LogP contribution in [0.2, 0.25) is 0 Å². The van der Waals surface area contributed by atoms with Crippen molar-refractivity contribution in [1.82, 2.24) is 0 Å². The molecule has 3 nitrogen and oxygen atoms in total. The molecule has 1 heterocycles. The molecule has 0 aromatic heterocycles. The molecule has 2 atom stereocenters. The van der Waals surface area contributed by atoms with Crippen molar-refractivity contribution in [2.45, 2.75) is 25.0 Å². The lowest BCUT2D eigenvalue weighted by molar-refractivity contribution is -0.196. The van der Waals surface area contributed by atoms with Crippen molar-refractivity contribution in [3.05, 3.63) is 0 Å². The lowest BCUT2D eigenvalue weighted by atomic mass is 9.99. The van der Waals surface area contributed by atoms with E-state index in [4.69, 9.17) is 16.4 Å². The minimum Gasteiger partial charge on any atom is -0.360 e. The van der Waals surface area contributed by atoms with Crippen LogP contribution in [-0.4, -0.2) is 22.5 Å². The number of aliphatic hydroxyl groups is 1. The summed E-state index contributed by atoms with van der Waals surface area (Å²) in [6.45, 7) is 0. The number of halogens is 1. The second-order valence-corrected chi connectivity index (χ2v) is 3.36. The second-order valence-electron chi connectivity index (χ2n) is 3.10. The zero-order chi connectivity index (χ0) is 7.90. The summed E-state index contributed by atoms with van der Waals surface area (Å²) in [5.41, 5.74) is 0.798. The van der Waals surface area contributed by atoms with Gasteiger partial charge in [0.25, 0.3) is 0 Å². The van der Waals surface area contributed by atoms with Gasteiger partial charge in [0.2, 0.25) is 5.79 Å². The van der Waals surface area contributed by atoms with Gasteiger partial charge in [-0.15, -0.1) is 11.6 Å². The minimum atomic E-state index is -1.01. The van der Waals surface area contributed by atoms with Gasteiger partial charge in [0.05, 0.1) is 17.5 Å². The third-order valence-electron chi connectivity index (χ3n) is 2.43. The Morgan fingerprint density at radius 3 is 3.36 bits per heavy atom. The van der Waals surface area contributed by atoms with E-state index in [1.54, 1.807) is 0 Å². The fraction of sp³-hybridized carbons (Fsp3) is 0.857. The second kappa shape index (κ2) is 2.35. The van der Waals surface area contributed by atoms with E-state index in [2.05, 4.69) is 5.16 Å². The number of fused-ring (bicyclic) bond motifs is 1. The van der Waals surface area contributed by atoms with E-state index in [0.717, 1.165) is 18.6 Å². The van der Waals surface area contributed by atoms with Gasteiger partial charge in [0, 0.05) is 6.42 Å². The number of alkyl halides is 1. The zero-order valence-corrected chi connectivity index (χ0v) is 6.84. The Kier molecular flexibility index (Phi) is 1.58. The van der Waals surface area contributed by atoms with E-state index in [1.165, 1.54) is 0 Å². The number of rotatable bonds is 1. The Hall–Kier alpha value is -0.280. The third-order valence-corrected chi connectivity index (χ3v) is 2.71. The summed E-state index contributed by atoms with van der Waals surface area (Å²) >= 11 is 5.61. The highest BCUT2D eigenvalue weighted by molar-refractivity contribution is 6.29. The Labute approximate surface area is 70.0 Å². The van der Waals surface area contributed by atoms with Crippen molar-refractivity contribution in [3.8, 4) is 0 Å². The van der Waals surface area contributed by atoms with Crippen molar-refractivity contribution < 1.29 is 9.94 Å². The first-order valence-electron chi connectivity index (χ1n) is 3.79. The van der Waals surface area contributed by atoms with Gasteiger partial charge >= 0.3 is 0 Å². The smallest absolute Gasteiger partial charge is 0.242 e. The van der Waals surface area contributed by atoms with Gasteiger partial charge in [-0.05, 0) is 12.8 Å². The molecule has 0 amide bonds. The van der Waals surface area contributed by atoms with Crippen LogP contribution in [0, 0.1) is 5.92 Å². The molecule has 0 aromatic carbocycles. The highest BCUT2D eigenvalue weighted by Gasteiger charge is 2.50. The van der Waals surface area contributed by atoms with Crippen LogP contribution in [0.4, 0.5) is 0 Å². The summed E-state index contributed by atoms with van der Waals surface area (Å²) in [6, 6.07) is 0. The van der Waals surface area contributed by atoms with E-state index in [-0.39, 0.29) is 5.92 Å². The molecular formula is C7H10ClNO2. The third kappa shape index (κ3) is 0.948. The molecule has 2 rings (SSSR count). The number of nitrogens with zero attached hydrogens (tertiary/aromatic N) is 1. The summed E-state index contributed by atoms with van der Waals surface area (Å²) in [5.74, 6) is -0.586. The van der Waals surface area contributed by atoms with Crippen LogP contribution in [-0.2, 0) is 4.84 Å². The molecule has 62 valence electrons. The van der Waals surface area contributed by atoms with E-state index >= 15 is 0 Å². The maximum atomic E-state index is 9.74. The van der Waals surface area contributed by atoms with Crippen molar-refractivity contribution in [2.24, 2.45) is 11.1 Å². The minimum absolute atomic E-state index is 0.0556. The monoisotopic (exact) mass is 175 g/mol. The van der Waals surface area contributed by atoms with E-state index in [0.29, 0.717) is 12.3 Å². The summed E-state index contributed by atoms with van der Waals surface area (Å²) in [4.78, 5) is 4.93. The van der Waals surface area contributed by atoms with Crippen LogP contribution in [0.15, 0.2) is 5.16 Å². The highest BCUT2D eigenvalue weighted by Crippen LogP contribution is 2.41. The predicted molar refractivity (Wildman–Crippen MR) is 41.5 cm³/mol. The van der Waals surface area contributed by atoms with Gasteiger partial charge in [-0.3, -0.25) is 0 Å². The number of hydrogen-bond donors (Lipinski definition) is 1. The molecule has 0 saturated heterocycles.